The van der Waals surface area contributed by atoms with E-state index in [9.17, 15) is 9.18 Å². The molecule has 1 rings (SSSR count). The molecule has 1 unspecified atom stereocenters. The van der Waals surface area contributed by atoms with Crippen molar-refractivity contribution in [3.63, 3.8) is 0 Å². The van der Waals surface area contributed by atoms with Crippen LogP contribution in [-0.4, -0.2) is 5.78 Å². The molecule has 0 aliphatic carbocycles. The van der Waals surface area contributed by atoms with Gasteiger partial charge in [-0.05, 0) is 24.6 Å². The van der Waals surface area contributed by atoms with Gasteiger partial charge < -0.3 is 0 Å². The van der Waals surface area contributed by atoms with E-state index in [0.717, 1.165) is 0 Å². The Morgan fingerprint density at radius 3 is 2.62 bits per heavy atom. The van der Waals surface area contributed by atoms with Crippen LogP contribution >= 0.6 is 15.9 Å². The minimum Gasteiger partial charge on any atom is -0.299 e. The Kier molecular flexibility index (Phi) is 3.20. The van der Waals surface area contributed by atoms with Crippen LogP contribution in [0.4, 0.5) is 4.39 Å². The van der Waals surface area contributed by atoms with Crippen LogP contribution in [0.3, 0.4) is 0 Å². The maximum atomic E-state index is 13.3. The van der Waals surface area contributed by atoms with Gasteiger partial charge in [-0.2, -0.15) is 0 Å². The van der Waals surface area contributed by atoms with Crippen molar-refractivity contribution in [2.45, 2.75) is 19.8 Å². The predicted octanol–water partition coefficient (Wildman–Crippen LogP) is 3.28. The fourth-order valence-corrected chi connectivity index (χ4v) is 1.40. The summed E-state index contributed by atoms with van der Waals surface area (Å²) in [7, 11) is 0. The first-order valence-electron chi connectivity index (χ1n) is 3.97. The molecule has 0 saturated heterocycles. The van der Waals surface area contributed by atoms with Crippen LogP contribution in [0.1, 0.15) is 25.3 Å². The molecule has 1 atom stereocenters. The molecule has 0 aromatic heterocycles. The summed E-state index contributed by atoms with van der Waals surface area (Å²) in [5, 5.41) is 0. The highest BCUT2D eigenvalue weighted by Gasteiger charge is 2.14. The van der Waals surface area contributed by atoms with Gasteiger partial charge in [-0.15, -0.1) is 0 Å². The van der Waals surface area contributed by atoms with Crippen molar-refractivity contribution in [1.82, 2.24) is 0 Å². The summed E-state index contributed by atoms with van der Waals surface area (Å²) in [6, 6.07) is 4.73. The third kappa shape index (κ3) is 2.37. The lowest BCUT2D eigenvalue weighted by atomic mass is 9.97. The number of benzene rings is 1. The van der Waals surface area contributed by atoms with E-state index in [1.165, 1.54) is 13.0 Å². The van der Waals surface area contributed by atoms with Gasteiger partial charge >= 0.3 is 0 Å². The van der Waals surface area contributed by atoms with Crippen molar-refractivity contribution < 1.29 is 9.18 Å². The number of hydrogen-bond donors (Lipinski definition) is 0. The van der Waals surface area contributed by atoms with Crippen LogP contribution in [0.2, 0.25) is 0 Å². The highest BCUT2D eigenvalue weighted by atomic mass is 79.9. The zero-order chi connectivity index (χ0) is 10.0. The van der Waals surface area contributed by atoms with Gasteiger partial charge in [0.1, 0.15) is 11.6 Å². The van der Waals surface area contributed by atoms with Crippen molar-refractivity contribution in [2.24, 2.45) is 0 Å². The molecule has 0 heterocycles. The summed E-state index contributed by atoms with van der Waals surface area (Å²) >= 11 is 3.16. The monoisotopic (exact) mass is 244 g/mol. The molecule has 0 amide bonds. The van der Waals surface area contributed by atoms with E-state index >= 15 is 0 Å². The highest BCUT2D eigenvalue weighted by Crippen LogP contribution is 2.22. The van der Waals surface area contributed by atoms with E-state index in [0.29, 0.717) is 10.0 Å². The van der Waals surface area contributed by atoms with Crippen molar-refractivity contribution in [2.75, 3.05) is 0 Å². The maximum Gasteiger partial charge on any atom is 0.137 e. The molecule has 13 heavy (non-hydrogen) atoms. The van der Waals surface area contributed by atoms with Crippen molar-refractivity contribution >= 4 is 21.7 Å². The van der Waals surface area contributed by atoms with Crippen LogP contribution in [0, 0.1) is 5.82 Å². The van der Waals surface area contributed by atoms with Gasteiger partial charge in [0.15, 0.2) is 0 Å². The lowest BCUT2D eigenvalue weighted by Gasteiger charge is -2.08. The molecule has 0 bridgehead atoms. The zero-order valence-electron chi connectivity index (χ0n) is 7.47. The number of Topliss-reactive ketones (excluding diaryl/α,β-unsaturated/α-hetero) is 1. The molecule has 70 valence electrons. The third-order valence-corrected chi connectivity index (χ3v) is 2.53. The second-order valence-corrected chi connectivity index (χ2v) is 3.91. The number of rotatable bonds is 2. The Morgan fingerprint density at radius 1 is 1.54 bits per heavy atom. The number of carbonyl (C=O) groups excluding carboxylic acids is 1. The first-order valence-corrected chi connectivity index (χ1v) is 4.77. The first kappa shape index (κ1) is 10.4. The average Bonchev–Trinajstić information content (AvgIpc) is 2.03. The van der Waals surface area contributed by atoms with Gasteiger partial charge in [0.05, 0.1) is 0 Å². The molecule has 0 N–H and O–H groups in total. The van der Waals surface area contributed by atoms with Gasteiger partial charge in [0.2, 0.25) is 0 Å². The Balaban J connectivity index is 3.08. The molecule has 0 aliphatic rings. The number of hydrogen-bond acceptors (Lipinski definition) is 1. The normalized spacial score (nSPS) is 12.6. The molecular weight excluding hydrogens is 235 g/mol. The molecule has 3 heteroatoms. The lowest BCUT2D eigenvalue weighted by molar-refractivity contribution is -0.118. The molecule has 0 aliphatic heterocycles. The fraction of sp³-hybridized carbons (Fsp3) is 0.300. The summed E-state index contributed by atoms with van der Waals surface area (Å²) < 4.78 is 14.0. The number of halogens is 2. The minimum absolute atomic E-state index is 0.0266. The van der Waals surface area contributed by atoms with E-state index in [2.05, 4.69) is 15.9 Å². The first-order chi connectivity index (χ1) is 6.02. The molecule has 1 aromatic carbocycles. The topological polar surface area (TPSA) is 17.1 Å². The van der Waals surface area contributed by atoms with E-state index in [1.54, 1.807) is 19.1 Å². The van der Waals surface area contributed by atoms with Crippen LogP contribution in [0.5, 0.6) is 0 Å². The molecular formula is C10H10BrFO. The smallest absolute Gasteiger partial charge is 0.137 e. The third-order valence-electron chi connectivity index (χ3n) is 2.04. The summed E-state index contributed by atoms with van der Waals surface area (Å²) in [6.07, 6.45) is 0. The average molecular weight is 245 g/mol. The van der Waals surface area contributed by atoms with Crippen molar-refractivity contribution in [1.29, 1.82) is 0 Å². The summed E-state index contributed by atoms with van der Waals surface area (Å²) in [5.74, 6) is -0.730. The molecule has 1 aromatic rings. The molecule has 0 radical (unpaired) electrons. The fourth-order valence-electron chi connectivity index (χ4n) is 1.07. The van der Waals surface area contributed by atoms with Gasteiger partial charge in [-0.1, -0.05) is 28.9 Å². The van der Waals surface area contributed by atoms with E-state index in [-0.39, 0.29) is 17.5 Å². The predicted molar refractivity (Wildman–Crippen MR) is 53.2 cm³/mol. The van der Waals surface area contributed by atoms with Gasteiger partial charge in [-0.3, -0.25) is 4.79 Å². The number of carbonyl (C=O) groups is 1. The molecule has 0 saturated carbocycles. The van der Waals surface area contributed by atoms with E-state index in [1.807, 2.05) is 0 Å². The quantitative estimate of drug-likeness (QED) is 0.781. The van der Waals surface area contributed by atoms with Gasteiger partial charge in [0, 0.05) is 10.4 Å². The Morgan fingerprint density at radius 2 is 2.15 bits per heavy atom. The molecule has 1 nitrogen and oxygen atoms in total. The Hall–Kier alpha value is -0.700. The standard InChI is InChI=1S/C10H10BrFO/c1-6(7(2)13)9-4-3-8(11)5-10(9)12/h3-6H,1-2H3. The molecule has 0 spiro atoms. The lowest BCUT2D eigenvalue weighted by Crippen LogP contribution is -2.06. The van der Waals surface area contributed by atoms with E-state index < -0.39 is 0 Å². The number of ketones is 1. The second-order valence-electron chi connectivity index (χ2n) is 3.00. The highest BCUT2D eigenvalue weighted by molar-refractivity contribution is 9.10. The van der Waals surface area contributed by atoms with E-state index in [4.69, 9.17) is 0 Å². The minimum atomic E-state index is -0.368. The Bertz CT molecular complexity index is 336. The van der Waals surface area contributed by atoms with Crippen LogP contribution < -0.4 is 0 Å². The summed E-state index contributed by atoms with van der Waals surface area (Å²) in [5.41, 5.74) is 0.454. The van der Waals surface area contributed by atoms with Crippen LogP contribution in [-0.2, 0) is 4.79 Å². The SMILES string of the molecule is CC(=O)C(C)c1ccc(Br)cc1F. The largest absolute Gasteiger partial charge is 0.299 e. The summed E-state index contributed by atoms with van der Waals surface area (Å²) in [6.45, 7) is 3.17. The van der Waals surface area contributed by atoms with Gasteiger partial charge in [0.25, 0.3) is 0 Å². The second kappa shape index (κ2) is 4.01. The zero-order valence-corrected chi connectivity index (χ0v) is 9.06. The van der Waals surface area contributed by atoms with Crippen LogP contribution in [0.25, 0.3) is 0 Å². The van der Waals surface area contributed by atoms with Gasteiger partial charge in [-0.25, -0.2) is 4.39 Å². The summed E-state index contributed by atoms with van der Waals surface area (Å²) in [4.78, 5) is 11.0. The Labute approximate surface area is 85.1 Å². The van der Waals surface area contributed by atoms with Crippen molar-refractivity contribution in [3.8, 4) is 0 Å². The maximum absolute atomic E-state index is 13.3. The molecule has 0 fully saturated rings. The van der Waals surface area contributed by atoms with Crippen LogP contribution in [0.15, 0.2) is 22.7 Å². The van der Waals surface area contributed by atoms with Crippen molar-refractivity contribution in [3.05, 3.63) is 34.1 Å².